The van der Waals surface area contributed by atoms with Crippen LogP contribution in [0.1, 0.15) is 31.0 Å². The molecule has 0 saturated carbocycles. The van der Waals surface area contributed by atoms with Crippen molar-refractivity contribution in [3.8, 4) is 11.5 Å². The van der Waals surface area contributed by atoms with Crippen LogP contribution in [0.4, 0.5) is 5.69 Å². The van der Waals surface area contributed by atoms with E-state index in [0.29, 0.717) is 31.7 Å². The molecule has 1 fully saturated rings. The second-order valence-electron chi connectivity index (χ2n) is 8.05. The lowest BCUT2D eigenvalue weighted by Gasteiger charge is -2.24. The van der Waals surface area contributed by atoms with Gasteiger partial charge in [0.2, 0.25) is 0 Å². The van der Waals surface area contributed by atoms with Crippen molar-refractivity contribution in [3.05, 3.63) is 92.4 Å². The van der Waals surface area contributed by atoms with Crippen molar-refractivity contribution in [1.82, 2.24) is 4.90 Å². The van der Waals surface area contributed by atoms with Crippen LogP contribution in [0.3, 0.4) is 0 Å². The van der Waals surface area contributed by atoms with Crippen molar-refractivity contribution in [1.29, 1.82) is 0 Å². The third-order valence-corrected chi connectivity index (χ3v) is 7.24. The molecule has 0 aliphatic carbocycles. The number of hydrogen-bond acceptors (Lipinski definition) is 6. The molecule has 0 radical (unpaired) electrons. The van der Waals surface area contributed by atoms with Crippen LogP contribution in [0, 0.1) is 3.57 Å². The molecule has 0 unspecified atom stereocenters. The smallest absolute Gasteiger partial charge is 0.341 e. The van der Waals surface area contributed by atoms with E-state index in [1.54, 1.807) is 17.0 Å². The number of carbonyl (C=O) groups is 2. The van der Waals surface area contributed by atoms with E-state index >= 15 is 0 Å². The van der Waals surface area contributed by atoms with Crippen LogP contribution in [0.2, 0.25) is 0 Å². The van der Waals surface area contributed by atoms with Gasteiger partial charge in [0.25, 0.3) is 5.91 Å². The van der Waals surface area contributed by atoms with Gasteiger partial charge >= 0.3 is 5.97 Å². The molecule has 0 aromatic heterocycles. The number of nitrogens with zero attached hydrogens (tertiary/aromatic N) is 2. The summed E-state index contributed by atoms with van der Waals surface area (Å²) in [6, 6.07) is 22.8. The molecule has 4 rings (SSSR count). The molecule has 3 aromatic rings. The molecular formula is C28H25IN2O5S. The fourth-order valence-corrected chi connectivity index (χ4v) is 5.61. The van der Waals surface area contributed by atoms with Gasteiger partial charge in [-0.3, -0.25) is 9.69 Å². The Kier molecular flexibility index (Phi) is 8.88. The van der Waals surface area contributed by atoms with Crippen LogP contribution >= 0.6 is 34.4 Å². The summed E-state index contributed by atoms with van der Waals surface area (Å²) in [6.45, 7) is 3.73. The molecule has 9 heteroatoms. The summed E-state index contributed by atoms with van der Waals surface area (Å²) in [5, 5.41) is 9.61. The van der Waals surface area contributed by atoms with Crippen LogP contribution < -0.4 is 9.47 Å². The van der Waals surface area contributed by atoms with E-state index in [-0.39, 0.29) is 11.9 Å². The molecule has 1 saturated heterocycles. The average Bonchev–Trinajstić information content (AvgIpc) is 3.18. The Hall–Kier alpha value is -3.31. The number of halogens is 1. The van der Waals surface area contributed by atoms with E-state index in [1.165, 1.54) is 11.8 Å². The SMILES string of the molecule is CCOc1cc(/C=C2/SC(=Nc3ccccc3)N([C@@H](C)c3ccccc3)C2=O)cc(I)c1OCC(=O)O. The van der Waals surface area contributed by atoms with Gasteiger partial charge in [-0.1, -0.05) is 48.5 Å². The van der Waals surface area contributed by atoms with Gasteiger partial charge in [-0.15, -0.1) is 0 Å². The van der Waals surface area contributed by atoms with E-state index < -0.39 is 12.6 Å². The standard InChI is InChI=1S/C28H25IN2O5S/c1-3-35-23-15-19(14-22(29)26(23)36-17-25(32)33)16-24-27(34)31(18(2)20-10-6-4-7-11-20)28(37-24)30-21-12-8-5-9-13-21/h4-16,18H,3,17H2,1-2H3,(H,32,33)/b24-16+,30-28?/t18-/m0/s1. The van der Waals surface area contributed by atoms with E-state index in [1.807, 2.05) is 80.6 Å². The van der Waals surface area contributed by atoms with Crippen molar-refractivity contribution in [2.24, 2.45) is 4.99 Å². The third-order valence-electron chi connectivity index (χ3n) is 5.46. The monoisotopic (exact) mass is 628 g/mol. The Labute approximate surface area is 233 Å². The van der Waals surface area contributed by atoms with Gasteiger partial charge in [-0.05, 0) is 89.7 Å². The summed E-state index contributed by atoms with van der Waals surface area (Å²) < 4.78 is 11.9. The summed E-state index contributed by atoms with van der Waals surface area (Å²) in [5.41, 5.74) is 2.50. The largest absolute Gasteiger partial charge is 0.490 e. The molecule has 7 nitrogen and oxygen atoms in total. The fraction of sp³-hybridized carbons (Fsp3) is 0.179. The summed E-state index contributed by atoms with van der Waals surface area (Å²) in [4.78, 5) is 31.7. The first-order chi connectivity index (χ1) is 17.9. The van der Waals surface area contributed by atoms with E-state index in [2.05, 4.69) is 22.6 Å². The highest BCUT2D eigenvalue weighted by Gasteiger charge is 2.37. The Morgan fingerprint density at radius 1 is 1.11 bits per heavy atom. The van der Waals surface area contributed by atoms with E-state index in [9.17, 15) is 9.59 Å². The number of hydrogen-bond donors (Lipinski definition) is 1. The second kappa shape index (κ2) is 12.3. The Morgan fingerprint density at radius 3 is 2.43 bits per heavy atom. The first kappa shape index (κ1) is 26.7. The van der Waals surface area contributed by atoms with Crippen molar-refractivity contribution < 1.29 is 24.2 Å². The van der Waals surface area contributed by atoms with Crippen molar-refractivity contribution in [3.63, 3.8) is 0 Å². The lowest BCUT2D eigenvalue weighted by molar-refractivity contribution is -0.139. The maximum Gasteiger partial charge on any atom is 0.341 e. The maximum absolute atomic E-state index is 13.7. The Bertz CT molecular complexity index is 1350. The van der Waals surface area contributed by atoms with Crippen LogP contribution in [0.25, 0.3) is 6.08 Å². The third kappa shape index (κ3) is 6.53. The van der Waals surface area contributed by atoms with Gasteiger partial charge in [0.05, 0.1) is 26.8 Å². The van der Waals surface area contributed by atoms with Gasteiger partial charge in [0, 0.05) is 0 Å². The molecule has 0 spiro atoms. The first-order valence-corrected chi connectivity index (χ1v) is 13.5. The molecule has 1 N–H and O–H groups in total. The zero-order valence-electron chi connectivity index (χ0n) is 20.3. The number of amidine groups is 1. The molecule has 1 atom stereocenters. The zero-order chi connectivity index (χ0) is 26.4. The Balaban J connectivity index is 1.73. The lowest BCUT2D eigenvalue weighted by Crippen LogP contribution is -2.32. The number of carbonyl (C=O) groups excluding carboxylic acids is 1. The Morgan fingerprint density at radius 2 is 1.78 bits per heavy atom. The van der Waals surface area contributed by atoms with Crippen LogP contribution in [-0.2, 0) is 9.59 Å². The van der Waals surface area contributed by atoms with Crippen LogP contribution in [-0.4, -0.2) is 40.3 Å². The topological polar surface area (TPSA) is 88.4 Å². The number of rotatable bonds is 9. The molecule has 1 heterocycles. The molecule has 3 aromatic carbocycles. The van der Waals surface area contributed by atoms with Gasteiger partial charge in [0.1, 0.15) is 0 Å². The summed E-state index contributed by atoms with van der Waals surface area (Å²) >= 11 is 3.40. The molecule has 1 amide bonds. The second-order valence-corrected chi connectivity index (χ2v) is 10.2. The molecular weight excluding hydrogens is 603 g/mol. The minimum Gasteiger partial charge on any atom is -0.490 e. The maximum atomic E-state index is 13.7. The zero-order valence-corrected chi connectivity index (χ0v) is 23.2. The minimum atomic E-state index is -1.07. The van der Waals surface area contributed by atoms with Crippen molar-refractivity contribution in [2.75, 3.05) is 13.2 Å². The van der Waals surface area contributed by atoms with Crippen molar-refractivity contribution in [2.45, 2.75) is 19.9 Å². The highest BCUT2D eigenvalue weighted by Crippen LogP contribution is 2.41. The summed E-state index contributed by atoms with van der Waals surface area (Å²) in [7, 11) is 0. The van der Waals surface area contributed by atoms with Gasteiger partial charge in [-0.25, -0.2) is 9.79 Å². The molecule has 0 bridgehead atoms. The summed E-state index contributed by atoms with van der Waals surface area (Å²) in [6.07, 6.45) is 1.80. The number of aliphatic carboxylic acids is 1. The number of thioether (sulfide) groups is 1. The highest BCUT2D eigenvalue weighted by molar-refractivity contribution is 14.1. The number of amides is 1. The number of carboxylic acids is 1. The normalized spacial score (nSPS) is 16.3. The average molecular weight is 628 g/mol. The first-order valence-electron chi connectivity index (χ1n) is 11.6. The number of benzene rings is 3. The highest BCUT2D eigenvalue weighted by atomic mass is 127. The number of carboxylic acid groups (broad SMARTS) is 1. The van der Waals surface area contributed by atoms with E-state index in [0.717, 1.165) is 16.8 Å². The lowest BCUT2D eigenvalue weighted by atomic mass is 10.1. The van der Waals surface area contributed by atoms with Crippen LogP contribution in [0.15, 0.2) is 82.7 Å². The number of ether oxygens (including phenoxy) is 2. The fourth-order valence-electron chi connectivity index (χ4n) is 3.76. The van der Waals surface area contributed by atoms with Crippen LogP contribution in [0.5, 0.6) is 11.5 Å². The predicted octanol–water partition coefficient (Wildman–Crippen LogP) is 6.52. The number of aliphatic imine (C=N–C) groups is 1. The summed E-state index contributed by atoms with van der Waals surface area (Å²) in [5.74, 6) is -0.431. The molecule has 37 heavy (non-hydrogen) atoms. The van der Waals surface area contributed by atoms with Crippen molar-refractivity contribution >= 4 is 63.2 Å². The van der Waals surface area contributed by atoms with Gasteiger partial charge in [-0.2, -0.15) is 0 Å². The van der Waals surface area contributed by atoms with Gasteiger partial charge < -0.3 is 14.6 Å². The predicted molar refractivity (Wildman–Crippen MR) is 154 cm³/mol. The van der Waals surface area contributed by atoms with E-state index in [4.69, 9.17) is 19.6 Å². The molecule has 190 valence electrons. The quantitative estimate of drug-likeness (QED) is 0.215. The van der Waals surface area contributed by atoms with Gasteiger partial charge in [0.15, 0.2) is 23.3 Å². The molecule has 1 aliphatic rings. The molecule has 1 aliphatic heterocycles. The number of para-hydroxylation sites is 1. The minimum absolute atomic E-state index is 0.143.